The molecule has 0 spiro atoms. The zero-order valence-corrected chi connectivity index (χ0v) is 21.2. The van der Waals surface area contributed by atoms with Crippen molar-refractivity contribution in [1.82, 2.24) is 24.8 Å². The highest BCUT2D eigenvalue weighted by Crippen LogP contribution is 2.36. The van der Waals surface area contributed by atoms with Gasteiger partial charge in [-0.2, -0.15) is 0 Å². The highest BCUT2D eigenvalue weighted by Gasteiger charge is 2.17. The molecule has 1 amide bonds. The summed E-state index contributed by atoms with van der Waals surface area (Å²) in [5.41, 5.74) is 7.61. The summed E-state index contributed by atoms with van der Waals surface area (Å²) in [5, 5.41) is 4.37. The highest BCUT2D eigenvalue weighted by molar-refractivity contribution is 6.01. The SMILES string of the molecule is COc1ccccc1-c1c[nH]c2ncc(-c3ccc(C(=O)N(C)C)c(NCc4cnc(C)cn4)c3)cc12. The van der Waals surface area contributed by atoms with E-state index in [2.05, 4.69) is 31.3 Å². The lowest BCUT2D eigenvalue weighted by molar-refractivity contribution is 0.0828. The van der Waals surface area contributed by atoms with Crippen LogP contribution in [0.4, 0.5) is 5.69 Å². The number of carbonyl (C=O) groups excluding carboxylic acids is 1. The summed E-state index contributed by atoms with van der Waals surface area (Å²) in [6.45, 7) is 2.34. The Morgan fingerprint density at radius 2 is 1.81 bits per heavy atom. The molecule has 0 bridgehead atoms. The molecule has 0 fully saturated rings. The number of hydrogen-bond acceptors (Lipinski definition) is 6. The summed E-state index contributed by atoms with van der Waals surface area (Å²) in [6.07, 6.45) is 7.26. The molecular formula is C29H28N6O2. The maximum Gasteiger partial charge on any atom is 0.255 e. The largest absolute Gasteiger partial charge is 0.496 e. The lowest BCUT2D eigenvalue weighted by Gasteiger charge is -2.17. The molecule has 3 heterocycles. The molecule has 0 saturated heterocycles. The van der Waals surface area contributed by atoms with E-state index in [1.165, 1.54) is 0 Å². The number of H-pyrrole nitrogens is 1. The Hall–Kier alpha value is -4.72. The fourth-order valence-corrected chi connectivity index (χ4v) is 4.25. The van der Waals surface area contributed by atoms with Gasteiger partial charge in [0, 0.05) is 60.4 Å². The lowest BCUT2D eigenvalue weighted by Crippen LogP contribution is -2.23. The molecule has 2 N–H and O–H groups in total. The smallest absolute Gasteiger partial charge is 0.255 e. The van der Waals surface area contributed by atoms with Gasteiger partial charge in [0.05, 0.1) is 36.8 Å². The quantitative estimate of drug-likeness (QED) is 0.319. The molecule has 0 atom stereocenters. The molecular weight excluding hydrogens is 464 g/mol. The second-order valence-electron chi connectivity index (χ2n) is 8.99. The van der Waals surface area contributed by atoms with Crippen molar-refractivity contribution < 1.29 is 9.53 Å². The number of para-hydroxylation sites is 1. The first-order chi connectivity index (χ1) is 17.9. The van der Waals surface area contributed by atoms with Gasteiger partial charge in [-0.25, -0.2) is 4.98 Å². The van der Waals surface area contributed by atoms with Crippen molar-refractivity contribution in [3.05, 3.63) is 90.3 Å². The number of nitrogens with one attached hydrogen (secondary N) is 2. The zero-order valence-electron chi connectivity index (χ0n) is 21.2. The van der Waals surface area contributed by atoms with Crippen molar-refractivity contribution in [2.24, 2.45) is 0 Å². The molecule has 186 valence electrons. The number of amides is 1. The number of pyridine rings is 1. The zero-order chi connectivity index (χ0) is 25.9. The van der Waals surface area contributed by atoms with Gasteiger partial charge < -0.3 is 19.9 Å². The number of aryl methyl sites for hydroxylation is 1. The second-order valence-corrected chi connectivity index (χ2v) is 8.99. The molecule has 8 heteroatoms. The van der Waals surface area contributed by atoms with Crippen LogP contribution < -0.4 is 10.1 Å². The lowest BCUT2D eigenvalue weighted by atomic mass is 9.99. The molecule has 0 saturated carbocycles. The number of carbonyl (C=O) groups is 1. The molecule has 0 aliphatic carbocycles. The minimum Gasteiger partial charge on any atom is -0.496 e. The van der Waals surface area contributed by atoms with Crippen LogP contribution in [0.1, 0.15) is 21.7 Å². The summed E-state index contributed by atoms with van der Waals surface area (Å²) in [5.74, 6) is 0.716. The fourth-order valence-electron chi connectivity index (χ4n) is 4.25. The number of hydrogen-bond donors (Lipinski definition) is 2. The van der Waals surface area contributed by atoms with E-state index in [0.29, 0.717) is 12.1 Å². The van der Waals surface area contributed by atoms with E-state index in [4.69, 9.17) is 4.74 Å². The van der Waals surface area contributed by atoms with Crippen molar-refractivity contribution in [3.63, 3.8) is 0 Å². The number of fused-ring (bicyclic) bond motifs is 1. The number of benzene rings is 2. The topological polar surface area (TPSA) is 96.0 Å². The Bertz CT molecular complexity index is 1570. The Morgan fingerprint density at radius 3 is 2.57 bits per heavy atom. The third-order valence-corrected chi connectivity index (χ3v) is 6.21. The van der Waals surface area contributed by atoms with Crippen LogP contribution in [-0.2, 0) is 6.54 Å². The van der Waals surface area contributed by atoms with Crippen molar-refractivity contribution in [2.75, 3.05) is 26.5 Å². The average Bonchev–Trinajstić information content (AvgIpc) is 3.35. The van der Waals surface area contributed by atoms with Gasteiger partial charge in [0.2, 0.25) is 0 Å². The number of ether oxygens (including phenoxy) is 1. The van der Waals surface area contributed by atoms with Gasteiger partial charge >= 0.3 is 0 Å². The molecule has 0 aliphatic rings. The molecule has 2 aromatic carbocycles. The number of rotatable bonds is 7. The summed E-state index contributed by atoms with van der Waals surface area (Å²) < 4.78 is 5.59. The number of anilines is 1. The Labute approximate surface area is 215 Å². The van der Waals surface area contributed by atoms with Crippen molar-refractivity contribution >= 4 is 22.6 Å². The molecule has 8 nitrogen and oxygen atoms in total. The first kappa shape index (κ1) is 24.0. The predicted molar refractivity (Wildman–Crippen MR) is 146 cm³/mol. The van der Waals surface area contributed by atoms with Crippen LogP contribution in [0.25, 0.3) is 33.3 Å². The van der Waals surface area contributed by atoms with E-state index in [1.807, 2.05) is 61.8 Å². The van der Waals surface area contributed by atoms with Gasteiger partial charge in [-0.05, 0) is 36.8 Å². The number of methoxy groups -OCH3 is 1. The Kier molecular flexibility index (Phi) is 6.55. The van der Waals surface area contributed by atoms with Crippen LogP contribution in [0.3, 0.4) is 0 Å². The van der Waals surface area contributed by atoms with Gasteiger partial charge in [0.1, 0.15) is 11.4 Å². The normalized spacial score (nSPS) is 10.9. The molecule has 5 rings (SSSR count). The van der Waals surface area contributed by atoms with Crippen LogP contribution in [0.15, 0.2) is 73.3 Å². The summed E-state index contributed by atoms with van der Waals surface area (Å²) in [6, 6.07) is 15.8. The number of aromatic nitrogens is 4. The molecule has 0 radical (unpaired) electrons. The third-order valence-electron chi connectivity index (χ3n) is 6.21. The van der Waals surface area contributed by atoms with E-state index < -0.39 is 0 Å². The van der Waals surface area contributed by atoms with Crippen LogP contribution in [0, 0.1) is 6.92 Å². The molecule has 0 unspecified atom stereocenters. The van der Waals surface area contributed by atoms with Crippen LogP contribution in [0.5, 0.6) is 5.75 Å². The number of aromatic amines is 1. The van der Waals surface area contributed by atoms with E-state index in [1.54, 1.807) is 38.5 Å². The Balaban J connectivity index is 1.55. The Morgan fingerprint density at radius 1 is 0.973 bits per heavy atom. The molecule has 3 aromatic heterocycles. The summed E-state index contributed by atoms with van der Waals surface area (Å²) >= 11 is 0. The third kappa shape index (κ3) is 4.86. The second kappa shape index (κ2) is 10.1. The van der Waals surface area contributed by atoms with Crippen LogP contribution in [-0.4, -0.2) is 51.9 Å². The first-order valence-electron chi connectivity index (χ1n) is 11.9. The maximum atomic E-state index is 12.9. The maximum absolute atomic E-state index is 12.9. The average molecular weight is 493 g/mol. The summed E-state index contributed by atoms with van der Waals surface area (Å²) in [7, 11) is 5.16. The van der Waals surface area contributed by atoms with Gasteiger partial charge in [0.15, 0.2) is 0 Å². The van der Waals surface area contributed by atoms with E-state index in [9.17, 15) is 4.79 Å². The first-order valence-corrected chi connectivity index (χ1v) is 11.9. The monoisotopic (exact) mass is 492 g/mol. The van der Waals surface area contributed by atoms with Crippen molar-refractivity contribution in [3.8, 4) is 28.0 Å². The van der Waals surface area contributed by atoms with E-state index in [-0.39, 0.29) is 5.91 Å². The van der Waals surface area contributed by atoms with Gasteiger partial charge in [-0.15, -0.1) is 0 Å². The summed E-state index contributed by atoms with van der Waals surface area (Å²) in [4.78, 5) is 31.1. The van der Waals surface area contributed by atoms with E-state index >= 15 is 0 Å². The molecule has 0 aliphatic heterocycles. The van der Waals surface area contributed by atoms with Gasteiger partial charge in [0.25, 0.3) is 5.91 Å². The van der Waals surface area contributed by atoms with Gasteiger partial charge in [-0.1, -0.05) is 24.3 Å². The van der Waals surface area contributed by atoms with Crippen LogP contribution in [0.2, 0.25) is 0 Å². The standard InChI is InChI=1S/C29H28N6O2/c1-18-13-31-21(15-30-18)16-32-26-12-19(9-10-23(26)29(36)35(2)3)20-11-24-25(17-34-28(24)33-14-20)22-7-5-6-8-27(22)37-4/h5-15,17,32H,16H2,1-4H3,(H,33,34). The van der Waals surface area contributed by atoms with E-state index in [0.717, 1.165) is 56.1 Å². The molecule has 37 heavy (non-hydrogen) atoms. The minimum atomic E-state index is -0.0817. The number of nitrogens with zero attached hydrogens (tertiary/aromatic N) is 4. The highest BCUT2D eigenvalue weighted by atomic mass is 16.5. The van der Waals surface area contributed by atoms with Crippen molar-refractivity contribution in [2.45, 2.75) is 13.5 Å². The van der Waals surface area contributed by atoms with Crippen LogP contribution >= 0.6 is 0 Å². The molecule has 5 aromatic rings. The van der Waals surface area contributed by atoms with Crippen molar-refractivity contribution in [1.29, 1.82) is 0 Å². The predicted octanol–water partition coefficient (Wildman–Crippen LogP) is 5.32. The van der Waals surface area contributed by atoms with Gasteiger partial charge in [-0.3, -0.25) is 14.8 Å². The minimum absolute atomic E-state index is 0.0817. The fraction of sp³-hybridized carbons (Fsp3) is 0.172.